The van der Waals surface area contributed by atoms with Crippen molar-refractivity contribution in [1.82, 2.24) is 4.98 Å². The minimum Gasteiger partial charge on any atom is -0.480 e. The maximum atomic E-state index is 10.5. The Hall–Kier alpha value is -2.09. The topological polar surface area (TPSA) is 86.0 Å². The molecule has 14 heavy (non-hydrogen) atoms. The van der Waals surface area contributed by atoms with Gasteiger partial charge < -0.3 is 10.4 Å². The van der Waals surface area contributed by atoms with E-state index in [0.717, 1.165) is 0 Å². The SMILES string of the molecule is C[C@H](Nc1ncccc1C#N)C(=O)O. The molecule has 2 N–H and O–H groups in total. The molecular weight excluding hydrogens is 182 g/mol. The van der Waals surface area contributed by atoms with Crippen LogP contribution in [0.5, 0.6) is 0 Å². The van der Waals surface area contributed by atoms with Gasteiger partial charge in [-0.3, -0.25) is 4.79 Å². The smallest absolute Gasteiger partial charge is 0.325 e. The molecule has 0 radical (unpaired) electrons. The zero-order valence-electron chi connectivity index (χ0n) is 7.56. The minimum atomic E-state index is -0.987. The van der Waals surface area contributed by atoms with Gasteiger partial charge in [-0.1, -0.05) is 0 Å². The summed E-state index contributed by atoms with van der Waals surface area (Å²) < 4.78 is 0. The number of hydrogen-bond acceptors (Lipinski definition) is 4. The number of nitriles is 1. The van der Waals surface area contributed by atoms with Crippen molar-refractivity contribution in [3.63, 3.8) is 0 Å². The highest BCUT2D eigenvalue weighted by atomic mass is 16.4. The first kappa shape index (κ1) is 9.99. The fourth-order valence-corrected chi connectivity index (χ4v) is 0.877. The molecule has 0 aromatic carbocycles. The van der Waals surface area contributed by atoms with Gasteiger partial charge in [0.25, 0.3) is 0 Å². The van der Waals surface area contributed by atoms with Crippen molar-refractivity contribution >= 4 is 11.8 Å². The lowest BCUT2D eigenvalue weighted by Crippen LogP contribution is -2.26. The molecule has 0 spiro atoms. The molecule has 0 saturated carbocycles. The highest BCUT2D eigenvalue weighted by molar-refractivity contribution is 5.76. The van der Waals surface area contributed by atoms with Crippen LogP contribution < -0.4 is 5.32 Å². The van der Waals surface area contributed by atoms with Crippen LogP contribution in [0.15, 0.2) is 18.3 Å². The number of nitrogens with zero attached hydrogens (tertiary/aromatic N) is 2. The molecular formula is C9H9N3O2. The van der Waals surface area contributed by atoms with Crippen molar-refractivity contribution in [2.45, 2.75) is 13.0 Å². The van der Waals surface area contributed by atoms with Gasteiger partial charge in [-0.25, -0.2) is 4.98 Å². The Bertz CT molecular complexity index is 384. The van der Waals surface area contributed by atoms with E-state index in [-0.39, 0.29) is 0 Å². The van der Waals surface area contributed by atoms with Gasteiger partial charge in [-0.2, -0.15) is 5.26 Å². The van der Waals surface area contributed by atoms with Gasteiger partial charge in [0.15, 0.2) is 0 Å². The largest absolute Gasteiger partial charge is 0.480 e. The fraction of sp³-hybridized carbons (Fsp3) is 0.222. The number of carboxylic acid groups (broad SMARTS) is 1. The molecule has 0 aliphatic rings. The zero-order valence-corrected chi connectivity index (χ0v) is 7.56. The third-order valence-corrected chi connectivity index (χ3v) is 1.65. The van der Waals surface area contributed by atoms with E-state index < -0.39 is 12.0 Å². The van der Waals surface area contributed by atoms with Crippen molar-refractivity contribution in [2.75, 3.05) is 5.32 Å². The summed E-state index contributed by atoms with van der Waals surface area (Å²) >= 11 is 0. The van der Waals surface area contributed by atoms with Crippen molar-refractivity contribution in [2.24, 2.45) is 0 Å². The van der Waals surface area contributed by atoms with Crippen molar-refractivity contribution in [3.8, 4) is 6.07 Å². The lowest BCUT2D eigenvalue weighted by molar-refractivity contribution is -0.137. The number of nitrogens with one attached hydrogen (secondary N) is 1. The van der Waals surface area contributed by atoms with Crippen molar-refractivity contribution < 1.29 is 9.90 Å². The fourth-order valence-electron chi connectivity index (χ4n) is 0.877. The molecule has 0 aliphatic carbocycles. The summed E-state index contributed by atoms with van der Waals surface area (Å²) in [5, 5.41) is 20.0. The number of aliphatic carboxylic acids is 1. The second-order valence-corrected chi connectivity index (χ2v) is 2.72. The van der Waals surface area contributed by atoms with Crippen LogP contribution in [0.25, 0.3) is 0 Å². The molecule has 72 valence electrons. The summed E-state index contributed by atoms with van der Waals surface area (Å²) in [7, 11) is 0. The molecule has 1 atom stereocenters. The third-order valence-electron chi connectivity index (χ3n) is 1.65. The van der Waals surface area contributed by atoms with Crippen LogP contribution in [-0.4, -0.2) is 22.1 Å². The van der Waals surface area contributed by atoms with E-state index in [4.69, 9.17) is 10.4 Å². The summed E-state index contributed by atoms with van der Waals surface area (Å²) in [6.45, 7) is 1.48. The Balaban J connectivity index is 2.87. The van der Waals surface area contributed by atoms with Crippen LogP contribution in [0.3, 0.4) is 0 Å². The predicted octanol–water partition coefficient (Wildman–Crippen LogP) is 0.838. The van der Waals surface area contributed by atoms with E-state index in [2.05, 4.69) is 10.3 Å². The first-order chi connectivity index (χ1) is 6.65. The van der Waals surface area contributed by atoms with E-state index in [9.17, 15) is 4.79 Å². The summed E-state index contributed by atoms with van der Waals surface area (Å²) in [6, 6.07) is 4.35. The van der Waals surface area contributed by atoms with E-state index in [0.29, 0.717) is 11.4 Å². The van der Waals surface area contributed by atoms with Crippen LogP contribution in [0.4, 0.5) is 5.82 Å². The second-order valence-electron chi connectivity index (χ2n) is 2.72. The average Bonchev–Trinajstić information content (AvgIpc) is 2.18. The number of hydrogen-bond donors (Lipinski definition) is 2. The maximum Gasteiger partial charge on any atom is 0.325 e. The Morgan fingerprint density at radius 1 is 1.79 bits per heavy atom. The maximum absolute atomic E-state index is 10.5. The molecule has 0 aliphatic heterocycles. The van der Waals surface area contributed by atoms with Crippen LogP contribution in [-0.2, 0) is 4.79 Å². The van der Waals surface area contributed by atoms with E-state index >= 15 is 0 Å². The number of anilines is 1. The first-order valence-electron chi connectivity index (χ1n) is 3.99. The lowest BCUT2D eigenvalue weighted by atomic mass is 10.2. The minimum absolute atomic E-state index is 0.296. The number of pyridine rings is 1. The molecule has 5 heteroatoms. The number of carboxylic acids is 1. The Kier molecular flexibility index (Phi) is 3.02. The quantitative estimate of drug-likeness (QED) is 0.739. The van der Waals surface area contributed by atoms with E-state index in [1.165, 1.54) is 13.1 Å². The summed E-state index contributed by atoms with van der Waals surface area (Å²) in [5.41, 5.74) is 0.334. The summed E-state index contributed by atoms with van der Waals surface area (Å²) in [5.74, 6) is -0.690. The average molecular weight is 191 g/mol. The molecule has 0 amide bonds. The third kappa shape index (κ3) is 2.20. The van der Waals surface area contributed by atoms with E-state index in [1.807, 2.05) is 6.07 Å². The van der Waals surface area contributed by atoms with Gasteiger partial charge in [-0.15, -0.1) is 0 Å². The number of rotatable bonds is 3. The Morgan fingerprint density at radius 3 is 3.07 bits per heavy atom. The standard InChI is InChI=1S/C9H9N3O2/c1-6(9(13)14)12-8-7(5-10)3-2-4-11-8/h2-4,6H,1H3,(H,11,12)(H,13,14)/t6-/m0/s1. The van der Waals surface area contributed by atoms with Gasteiger partial charge in [0.05, 0.1) is 5.56 Å². The van der Waals surface area contributed by atoms with Crippen LogP contribution in [0.2, 0.25) is 0 Å². The second kappa shape index (κ2) is 4.23. The summed E-state index contributed by atoms with van der Waals surface area (Å²) in [6.07, 6.45) is 1.50. The monoisotopic (exact) mass is 191 g/mol. The molecule has 0 unspecified atom stereocenters. The van der Waals surface area contributed by atoms with Crippen molar-refractivity contribution in [1.29, 1.82) is 5.26 Å². The van der Waals surface area contributed by atoms with Gasteiger partial charge in [0, 0.05) is 6.20 Å². The first-order valence-corrected chi connectivity index (χ1v) is 3.99. The van der Waals surface area contributed by atoms with Gasteiger partial charge in [0.1, 0.15) is 17.9 Å². The van der Waals surface area contributed by atoms with Crippen LogP contribution in [0, 0.1) is 11.3 Å². The summed E-state index contributed by atoms with van der Waals surface area (Å²) in [4.78, 5) is 14.4. The zero-order chi connectivity index (χ0) is 10.6. The van der Waals surface area contributed by atoms with Gasteiger partial charge >= 0.3 is 5.97 Å². The molecule has 1 heterocycles. The molecule has 0 fully saturated rings. The van der Waals surface area contributed by atoms with Crippen LogP contribution in [0.1, 0.15) is 12.5 Å². The van der Waals surface area contributed by atoms with Gasteiger partial charge in [-0.05, 0) is 19.1 Å². The highest BCUT2D eigenvalue weighted by Crippen LogP contribution is 2.10. The van der Waals surface area contributed by atoms with E-state index in [1.54, 1.807) is 12.1 Å². The number of aromatic nitrogens is 1. The Labute approximate surface area is 81.0 Å². The van der Waals surface area contributed by atoms with Crippen LogP contribution >= 0.6 is 0 Å². The highest BCUT2D eigenvalue weighted by Gasteiger charge is 2.12. The molecule has 0 saturated heterocycles. The molecule has 0 bridgehead atoms. The van der Waals surface area contributed by atoms with Gasteiger partial charge in [0.2, 0.25) is 0 Å². The lowest BCUT2D eigenvalue weighted by Gasteiger charge is -2.10. The molecule has 1 rings (SSSR count). The predicted molar refractivity (Wildman–Crippen MR) is 49.7 cm³/mol. The molecule has 1 aromatic heterocycles. The van der Waals surface area contributed by atoms with Crippen molar-refractivity contribution in [3.05, 3.63) is 23.9 Å². The Morgan fingerprint density at radius 2 is 2.50 bits per heavy atom. The molecule has 5 nitrogen and oxygen atoms in total. The normalized spacial score (nSPS) is 11.4. The molecule has 1 aromatic rings. The number of carbonyl (C=O) groups is 1.